The summed E-state index contributed by atoms with van der Waals surface area (Å²) in [6.45, 7) is 6.08. The minimum absolute atomic E-state index is 0.129. The molecule has 1 spiro atoms. The Hall–Kier alpha value is -0.860. The van der Waals surface area contributed by atoms with E-state index in [2.05, 4.69) is 10.2 Å². The maximum absolute atomic E-state index is 5.59. The highest BCUT2D eigenvalue weighted by atomic mass is 16.5. The molecule has 66 valence electrons. The summed E-state index contributed by atoms with van der Waals surface area (Å²) in [5.74, 6) is 0.843. The molecule has 1 saturated carbocycles. The van der Waals surface area contributed by atoms with Crippen LogP contribution in [0.25, 0.3) is 0 Å². The van der Waals surface area contributed by atoms with E-state index in [0.717, 1.165) is 24.5 Å². The summed E-state index contributed by atoms with van der Waals surface area (Å²) in [5.41, 5.74) is 1.25. The molecule has 12 heavy (non-hydrogen) atoms. The molecule has 1 aliphatic heterocycles. The fourth-order valence-corrected chi connectivity index (χ4v) is 1.53. The third kappa shape index (κ3) is 0.958. The Bertz CT molecular complexity index is 262. The Morgan fingerprint density at radius 3 is 2.50 bits per heavy atom. The van der Waals surface area contributed by atoms with Gasteiger partial charge < -0.3 is 4.74 Å². The molecule has 0 aromatic heterocycles. The van der Waals surface area contributed by atoms with Crippen LogP contribution < -0.4 is 0 Å². The SMILES string of the molecule is CC1=NN=C(OC(C)C)C12CC2. The van der Waals surface area contributed by atoms with Crippen LogP contribution >= 0.6 is 0 Å². The van der Waals surface area contributed by atoms with Crippen LogP contribution in [0, 0.1) is 5.41 Å². The van der Waals surface area contributed by atoms with Crippen LogP contribution in [0.4, 0.5) is 0 Å². The van der Waals surface area contributed by atoms with Crippen LogP contribution in [0.5, 0.6) is 0 Å². The molecule has 1 heterocycles. The Balaban J connectivity index is 2.11. The van der Waals surface area contributed by atoms with Crippen molar-refractivity contribution in [1.82, 2.24) is 0 Å². The summed E-state index contributed by atoms with van der Waals surface area (Å²) >= 11 is 0. The summed E-state index contributed by atoms with van der Waals surface area (Å²) in [6.07, 6.45) is 2.53. The van der Waals surface area contributed by atoms with Gasteiger partial charge in [-0.3, -0.25) is 0 Å². The van der Waals surface area contributed by atoms with Crippen molar-refractivity contribution in [2.24, 2.45) is 15.6 Å². The van der Waals surface area contributed by atoms with E-state index in [1.165, 1.54) is 0 Å². The lowest BCUT2D eigenvalue weighted by Gasteiger charge is -2.14. The first-order valence-electron chi connectivity index (χ1n) is 4.45. The van der Waals surface area contributed by atoms with Crippen LogP contribution in [0.2, 0.25) is 0 Å². The van der Waals surface area contributed by atoms with E-state index in [-0.39, 0.29) is 11.5 Å². The third-order valence-corrected chi connectivity index (χ3v) is 2.49. The van der Waals surface area contributed by atoms with Crippen molar-refractivity contribution in [3.05, 3.63) is 0 Å². The standard InChI is InChI=1S/C9H14N2O/c1-6(2)12-8-9(4-5-9)7(3)10-11-8/h6H,4-5H2,1-3H3. The lowest BCUT2D eigenvalue weighted by molar-refractivity contribution is 0.215. The highest BCUT2D eigenvalue weighted by Crippen LogP contribution is 2.51. The van der Waals surface area contributed by atoms with Gasteiger partial charge in [0.05, 0.1) is 17.2 Å². The zero-order chi connectivity index (χ0) is 8.77. The molecule has 3 heteroatoms. The molecule has 0 N–H and O–H groups in total. The van der Waals surface area contributed by atoms with E-state index in [9.17, 15) is 0 Å². The molecule has 0 saturated heterocycles. The molecule has 0 amide bonds. The summed E-state index contributed by atoms with van der Waals surface area (Å²) < 4.78 is 5.59. The van der Waals surface area contributed by atoms with Gasteiger partial charge in [0.1, 0.15) is 0 Å². The highest BCUT2D eigenvalue weighted by molar-refractivity contribution is 6.13. The molecule has 0 aromatic carbocycles. The zero-order valence-corrected chi connectivity index (χ0v) is 7.79. The lowest BCUT2D eigenvalue weighted by Crippen LogP contribution is -2.24. The molecule has 3 nitrogen and oxygen atoms in total. The van der Waals surface area contributed by atoms with Gasteiger partial charge in [0.25, 0.3) is 0 Å². The van der Waals surface area contributed by atoms with Gasteiger partial charge in [-0.2, -0.15) is 5.10 Å². The second-order valence-corrected chi connectivity index (χ2v) is 3.84. The van der Waals surface area contributed by atoms with Crippen molar-refractivity contribution in [3.63, 3.8) is 0 Å². The lowest BCUT2D eigenvalue weighted by atomic mass is 10.0. The number of nitrogens with zero attached hydrogens (tertiary/aromatic N) is 2. The molecule has 0 aromatic rings. The maximum Gasteiger partial charge on any atom is 0.220 e. The molecule has 2 rings (SSSR count). The van der Waals surface area contributed by atoms with Crippen LogP contribution in [-0.4, -0.2) is 17.7 Å². The van der Waals surface area contributed by atoms with E-state index >= 15 is 0 Å². The quantitative estimate of drug-likeness (QED) is 0.586. The average Bonchev–Trinajstić information content (AvgIpc) is 2.71. The maximum atomic E-state index is 5.59. The Morgan fingerprint density at radius 2 is 2.00 bits per heavy atom. The van der Waals surface area contributed by atoms with Crippen molar-refractivity contribution in [3.8, 4) is 0 Å². The molecule has 0 unspecified atom stereocenters. The van der Waals surface area contributed by atoms with Gasteiger partial charge >= 0.3 is 0 Å². The zero-order valence-electron chi connectivity index (χ0n) is 7.79. The van der Waals surface area contributed by atoms with E-state index in [4.69, 9.17) is 4.74 Å². The summed E-state index contributed by atoms with van der Waals surface area (Å²) in [6, 6.07) is 0. The molecule has 2 aliphatic rings. The van der Waals surface area contributed by atoms with Crippen molar-refractivity contribution in [2.45, 2.75) is 39.7 Å². The number of ether oxygens (including phenoxy) is 1. The molecular weight excluding hydrogens is 152 g/mol. The first-order valence-corrected chi connectivity index (χ1v) is 4.45. The highest BCUT2D eigenvalue weighted by Gasteiger charge is 2.54. The summed E-state index contributed by atoms with van der Waals surface area (Å²) in [5, 5.41) is 8.12. The topological polar surface area (TPSA) is 34.0 Å². The minimum Gasteiger partial charge on any atom is -0.476 e. The molecular formula is C9H14N2O. The Kier molecular flexibility index (Phi) is 1.50. The summed E-state index contributed by atoms with van der Waals surface area (Å²) in [7, 11) is 0. The molecule has 0 radical (unpaired) electrons. The third-order valence-electron chi connectivity index (χ3n) is 2.49. The van der Waals surface area contributed by atoms with Gasteiger partial charge in [-0.25, -0.2) is 0 Å². The van der Waals surface area contributed by atoms with Gasteiger partial charge in [-0.1, -0.05) is 0 Å². The van der Waals surface area contributed by atoms with Crippen LogP contribution in [0.3, 0.4) is 0 Å². The van der Waals surface area contributed by atoms with Crippen molar-refractivity contribution in [1.29, 1.82) is 0 Å². The van der Waals surface area contributed by atoms with Crippen LogP contribution in [-0.2, 0) is 4.74 Å². The van der Waals surface area contributed by atoms with Crippen LogP contribution in [0.1, 0.15) is 33.6 Å². The fourth-order valence-electron chi connectivity index (χ4n) is 1.53. The van der Waals surface area contributed by atoms with Gasteiger partial charge in [0.15, 0.2) is 0 Å². The monoisotopic (exact) mass is 166 g/mol. The molecule has 0 atom stereocenters. The van der Waals surface area contributed by atoms with E-state index in [0.29, 0.717) is 0 Å². The second kappa shape index (κ2) is 2.31. The fraction of sp³-hybridized carbons (Fsp3) is 0.778. The van der Waals surface area contributed by atoms with Gasteiger partial charge in [-0.15, -0.1) is 5.10 Å². The van der Waals surface area contributed by atoms with Crippen molar-refractivity contribution >= 4 is 11.6 Å². The molecule has 0 bridgehead atoms. The van der Waals surface area contributed by atoms with Crippen molar-refractivity contribution < 1.29 is 4.74 Å². The number of hydrogen-bond donors (Lipinski definition) is 0. The van der Waals surface area contributed by atoms with Gasteiger partial charge in [-0.05, 0) is 33.6 Å². The second-order valence-electron chi connectivity index (χ2n) is 3.84. The normalized spacial score (nSPS) is 24.3. The van der Waals surface area contributed by atoms with Crippen molar-refractivity contribution in [2.75, 3.05) is 0 Å². The average molecular weight is 166 g/mol. The first-order chi connectivity index (χ1) is 5.65. The predicted octanol–water partition coefficient (Wildman–Crippen LogP) is 1.98. The predicted molar refractivity (Wildman–Crippen MR) is 48.4 cm³/mol. The summed E-state index contributed by atoms with van der Waals surface area (Å²) in [4.78, 5) is 0. The van der Waals surface area contributed by atoms with Gasteiger partial charge in [0, 0.05) is 0 Å². The largest absolute Gasteiger partial charge is 0.476 e. The minimum atomic E-state index is 0.129. The van der Waals surface area contributed by atoms with E-state index in [1.54, 1.807) is 0 Å². The molecule has 1 aliphatic carbocycles. The van der Waals surface area contributed by atoms with E-state index < -0.39 is 0 Å². The first kappa shape index (κ1) is 7.77. The number of rotatable bonds is 1. The smallest absolute Gasteiger partial charge is 0.220 e. The number of hydrogen-bond acceptors (Lipinski definition) is 3. The van der Waals surface area contributed by atoms with E-state index in [1.807, 2.05) is 20.8 Å². The Morgan fingerprint density at radius 1 is 1.33 bits per heavy atom. The van der Waals surface area contributed by atoms with Crippen LogP contribution in [0.15, 0.2) is 10.2 Å². The Labute approximate surface area is 72.5 Å². The van der Waals surface area contributed by atoms with Gasteiger partial charge in [0.2, 0.25) is 5.90 Å². The molecule has 1 fully saturated rings.